The molecule has 2 unspecified atom stereocenters. The van der Waals surface area contributed by atoms with Crippen molar-refractivity contribution in [2.45, 2.75) is 24.5 Å². The van der Waals surface area contributed by atoms with Gasteiger partial charge in [0.25, 0.3) is 0 Å². The van der Waals surface area contributed by atoms with Crippen LogP contribution < -0.4 is 10.1 Å². The Labute approximate surface area is 212 Å². The molecule has 2 atom stereocenters. The van der Waals surface area contributed by atoms with Crippen LogP contribution in [-0.2, 0) is 16.0 Å². The van der Waals surface area contributed by atoms with Gasteiger partial charge in [0.1, 0.15) is 24.5 Å². The van der Waals surface area contributed by atoms with E-state index in [1.54, 1.807) is 6.07 Å². The first-order chi connectivity index (χ1) is 17.0. The number of carboxylic acids is 1. The Morgan fingerprint density at radius 1 is 1.09 bits per heavy atom. The highest BCUT2D eigenvalue weighted by molar-refractivity contribution is 7.99. The summed E-state index contributed by atoms with van der Waals surface area (Å²) in [6, 6.07) is 20.6. The molecular weight excluding hydrogens is 486 g/mol. The van der Waals surface area contributed by atoms with Crippen LogP contribution >= 0.6 is 23.4 Å². The molecule has 1 aliphatic carbocycles. The van der Waals surface area contributed by atoms with E-state index in [4.69, 9.17) is 21.1 Å². The summed E-state index contributed by atoms with van der Waals surface area (Å²) < 4.78 is 11.4. The van der Waals surface area contributed by atoms with Gasteiger partial charge in [-0.2, -0.15) is 11.8 Å². The van der Waals surface area contributed by atoms with Gasteiger partial charge in [-0.1, -0.05) is 60.1 Å². The van der Waals surface area contributed by atoms with Crippen LogP contribution in [0.25, 0.3) is 11.1 Å². The molecule has 0 fully saturated rings. The fourth-order valence-corrected chi connectivity index (χ4v) is 5.90. The quantitative estimate of drug-likeness (QED) is 0.425. The average molecular weight is 510 g/mol. The molecular formula is C27H24ClNO5S. The molecule has 3 aromatic rings. The van der Waals surface area contributed by atoms with Gasteiger partial charge in [-0.25, -0.2) is 9.59 Å². The Hall–Kier alpha value is -3.16. The number of halogens is 1. The summed E-state index contributed by atoms with van der Waals surface area (Å²) >= 11 is 7.46. The molecule has 1 aliphatic heterocycles. The predicted molar refractivity (Wildman–Crippen MR) is 137 cm³/mol. The van der Waals surface area contributed by atoms with E-state index >= 15 is 0 Å². The minimum atomic E-state index is -1.10. The third-order valence-corrected chi connectivity index (χ3v) is 7.70. The third-order valence-electron chi connectivity index (χ3n) is 6.29. The van der Waals surface area contributed by atoms with E-state index < -0.39 is 18.1 Å². The van der Waals surface area contributed by atoms with E-state index in [-0.39, 0.29) is 24.4 Å². The summed E-state index contributed by atoms with van der Waals surface area (Å²) in [5.41, 5.74) is 5.52. The van der Waals surface area contributed by atoms with Crippen LogP contribution in [0.15, 0.2) is 66.7 Å². The lowest BCUT2D eigenvalue weighted by atomic mass is 9.98. The van der Waals surface area contributed by atoms with Gasteiger partial charge in [-0.3, -0.25) is 0 Å². The molecule has 1 amide bonds. The molecule has 3 aromatic carbocycles. The Morgan fingerprint density at radius 3 is 2.46 bits per heavy atom. The number of aliphatic carboxylic acids is 1. The van der Waals surface area contributed by atoms with Gasteiger partial charge in [-0.15, -0.1) is 0 Å². The van der Waals surface area contributed by atoms with Gasteiger partial charge in [0.05, 0.1) is 0 Å². The Bertz CT molecular complexity index is 1220. The van der Waals surface area contributed by atoms with E-state index in [1.165, 1.54) is 11.8 Å². The number of carboxylic acid groups (broad SMARTS) is 1. The second kappa shape index (κ2) is 10.2. The molecule has 35 heavy (non-hydrogen) atoms. The van der Waals surface area contributed by atoms with Gasteiger partial charge < -0.3 is 19.9 Å². The average Bonchev–Trinajstić information content (AvgIpc) is 3.40. The number of carbonyl (C=O) groups is 2. The topological polar surface area (TPSA) is 84.9 Å². The number of alkyl carbamates (subject to hydrolysis) is 1. The SMILES string of the molecule is O=C(NC(CSCC1Cc2cc(Cl)ccc2O1)C(=O)O)OCC1c2ccccc2-c2ccccc21. The molecule has 2 N–H and O–H groups in total. The second-order valence-electron chi connectivity index (χ2n) is 8.59. The number of fused-ring (bicyclic) bond motifs is 4. The van der Waals surface area contributed by atoms with Gasteiger partial charge in [0.2, 0.25) is 0 Å². The molecule has 6 nitrogen and oxygen atoms in total. The number of nitrogens with one attached hydrogen (secondary N) is 1. The van der Waals surface area contributed by atoms with Crippen LogP contribution in [0.3, 0.4) is 0 Å². The summed E-state index contributed by atoms with van der Waals surface area (Å²) in [6.45, 7) is 0.135. The molecule has 0 saturated carbocycles. The van der Waals surface area contributed by atoms with Crippen molar-refractivity contribution in [3.8, 4) is 16.9 Å². The molecule has 0 radical (unpaired) electrons. The summed E-state index contributed by atoms with van der Waals surface area (Å²) in [5.74, 6) is 0.430. The first kappa shape index (κ1) is 23.6. The van der Waals surface area contributed by atoms with Gasteiger partial charge in [-0.05, 0) is 46.0 Å². The lowest BCUT2D eigenvalue weighted by Gasteiger charge is -2.18. The van der Waals surface area contributed by atoms with Crippen molar-refractivity contribution in [3.05, 3.63) is 88.4 Å². The fraction of sp³-hybridized carbons (Fsp3) is 0.259. The fourth-order valence-electron chi connectivity index (χ4n) is 4.66. The lowest BCUT2D eigenvalue weighted by Crippen LogP contribution is -2.43. The van der Waals surface area contributed by atoms with Crippen LogP contribution in [0.1, 0.15) is 22.6 Å². The molecule has 5 rings (SSSR count). The van der Waals surface area contributed by atoms with Crippen molar-refractivity contribution in [2.75, 3.05) is 18.1 Å². The van der Waals surface area contributed by atoms with Gasteiger partial charge in [0, 0.05) is 28.9 Å². The summed E-state index contributed by atoms with van der Waals surface area (Å²) in [6.07, 6.45) is -0.0724. The number of ether oxygens (including phenoxy) is 2. The number of carbonyl (C=O) groups excluding carboxylic acids is 1. The number of hydrogen-bond donors (Lipinski definition) is 2. The highest BCUT2D eigenvalue weighted by Crippen LogP contribution is 2.44. The van der Waals surface area contributed by atoms with E-state index in [9.17, 15) is 14.7 Å². The predicted octanol–water partition coefficient (Wildman–Crippen LogP) is 5.37. The van der Waals surface area contributed by atoms with Crippen molar-refractivity contribution in [1.29, 1.82) is 0 Å². The smallest absolute Gasteiger partial charge is 0.407 e. The summed E-state index contributed by atoms with van der Waals surface area (Å²) in [5, 5.41) is 12.8. The molecule has 1 heterocycles. The van der Waals surface area contributed by atoms with Crippen LogP contribution in [0.2, 0.25) is 5.02 Å². The normalized spacial score (nSPS) is 16.5. The first-order valence-corrected chi connectivity index (χ1v) is 12.9. The Morgan fingerprint density at radius 2 is 1.77 bits per heavy atom. The van der Waals surface area contributed by atoms with Crippen molar-refractivity contribution < 1.29 is 24.2 Å². The third kappa shape index (κ3) is 5.11. The maximum atomic E-state index is 12.5. The zero-order chi connectivity index (χ0) is 24.4. The molecule has 0 bridgehead atoms. The zero-order valence-corrected chi connectivity index (χ0v) is 20.4. The molecule has 2 aliphatic rings. The Balaban J connectivity index is 1.13. The standard InChI is InChI=1S/C27H24ClNO5S/c28-17-9-10-25-16(11-17)12-18(34-25)14-35-15-24(26(30)31)29-27(32)33-13-23-21-7-3-1-5-19(21)20-6-2-4-8-22(20)23/h1-11,18,23-24H,12-15H2,(H,29,32)(H,30,31). The second-order valence-corrected chi connectivity index (χ2v) is 10.1. The molecule has 0 saturated heterocycles. The van der Waals surface area contributed by atoms with Crippen LogP contribution in [0, 0.1) is 0 Å². The number of thioether (sulfide) groups is 1. The minimum absolute atomic E-state index is 0.0580. The van der Waals surface area contributed by atoms with E-state index in [1.807, 2.05) is 48.5 Å². The van der Waals surface area contributed by atoms with E-state index in [0.717, 1.165) is 40.0 Å². The maximum Gasteiger partial charge on any atom is 0.407 e. The number of rotatable bonds is 8. The maximum absolute atomic E-state index is 12.5. The molecule has 180 valence electrons. The molecule has 8 heteroatoms. The van der Waals surface area contributed by atoms with Crippen LogP contribution in [-0.4, -0.2) is 47.4 Å². The Kier molecular flexibility index (Phi) is 6.88. The summed E-state index contributed by atoms with van der Waals surface area (Å²) in [7, 11) is 0. The number of benzene rings is 3. The van der Waals surface area contributed by atoms with Crippen molar-refractivity contribution in [1.82, 2.24) is 5.32 Å². The monoisotopic (exact) mass is 509 g/mol. The van der Waals surface area contributed by atoms with Gasteiger partial charge >= 0.3 is 12.1 Å². The van der Waals surface area contributed by atoms with Crippen molar-refractivity contribution in [3.63, 3.8) is 0 Å². The molecule has 0 aromatic heterocycles. The van der Waals surface area contributed by atoms with Crippen LogP contribution in [0.4, 0.5) is 4.79 Å². The van der Waals surface area contributed by atoms with Crippen molar-refractivity contribution >= 4 is 35.4 Å². The summed E-state index contributed by atoms with van der Waals surface area (Å²) in [4.78, 5) is 24.2. The highest BCUT2D eigenvalue weighted by Gasteiger charge is 2.30. The van der Waals surface area contributed by atoms with Gasteiger partial charge in [0.15, 0.2) is 0 Å². The minimum Gasteiger partial charge on any atom is -0.489 e. The van der Waals surface area contributed by atoms with Crippen LogP contribution in [0.5, 0.6) is 5.75 Å². The van der Waals surface area contributed by atoms with E-state index in [0.29, 0.717) is 10.8 Å². The van der Waals surface area contributed by atoms with Crippen molar-refractivity contribution in [2.24, 2.45) is 0 Å². The number of hydrogen-bond acceptors (Lipinski definition) is 5. The number of amides is 1. The zero-order valence-electron chi connectivity index (χ0n) is 18.8. The molecule has 0 spiro atoms. The lowest BCUT2D eigenvalue weighted by molar-refractivity contribution is -0.138. The largest absolute Gasteiger partial charge is 0.489 e. The van der Waals surface area contributed by atoms with E-state index in [2.05, 4.69) is 17.4 Å². The highest BCUT2D eigenvalue weighted by atomic mass is 35.5. The first-order valence-electron chi connectivity index (χ1n) is 11.4.